The number of hydrogen-bond donors (Lipinski definition) is 6. The molecule has 0 saturated carbocycles. The van der Waals surface area contributed by atoms with Crippen molar-refractivity contribution in [2.45, 2.75) is 126 Å². The molecule has 3 heterocycles. The fourth-order valence-electron chi connectivity index (χ4n) is 5.44. The van der Waals surface area contributed by atoms with Crippen molar-refractivity contribution in [1.82, 2.24) is 15.0 Å². The zero-order chi connectivity index (χ0) is 60.9. The van der Waals surface area contributed by atoms with Crippen LogP contribution in [0.15, 0.2) is 85.3 Å². The molecule has 0 aliphatic carbocycles. The first-order chi connectivity index (χ1) is 36.2. The number of carboxylic acids is 1. The molecule has 0 bridgehead atoms. The normalized spacial score (nSPS) is 10.9. The number of ether oxygens (including phenoxy) is 5. The van der Waals surface area contributed by atoms with E-state index in [-0.39, 0.29) is 36.3 Å². The summed E-state index contributed by atoms with van der Waals surface area (Å²) in [6, 6.07) is 13.5. The van der Waals surface area contributed by atoms with E-state index in [4.69, 9.17) is 30.2 Å². The summed E-state index contributed by atoms with van der Waals surface area (Å²) in [4.78, 5) is 79.9. The number of carbonyl (C=O) groups excluding carboxylic acids is 4. The number of Topliss-reactive ketones (excluding diaryl/α,β-unsaturated/α-hetero) is 1. The van der Waals surface area contributed by atoms with E-state index < -0.39 is 76.0 Å². The number of rotatable bonds is 10. The number of amides is 3. The van der Waals surface area contributed by atoms with Gasteiger partial charge in [-0.05, 0) is 131 Å². The molecule has 0 unspecified atom stereocenters. The molecule has 3 amide bonds. The number of anilines is 4. The third-order valence-electron chi connectivity index (χ3n) is 8.51. The zero-order valence-corrected chi connectivity index (χ0v) is 45.2. The number of aromatic nitrogens is 3. The number of benzene rings is 2. The molecule has 0 atom stereocenters. The van der Waals surface area contributed by atoms with Crippen LogP contribution in [0.4, 0.5) is 69.2 Å². The Kier molecular flexibility index (Phi) is 27.5. The second-order valence-corrected chi connectivity index (χ2v) is 18.9. The fraction of sp³-hybridized carbons (Fsp3) is 0.385. The lowest BCUT2D eigenvalue weighted by molar-refractivity contribution is -0.385. The van der Waals surface area contributed by atoms with Crippen LogP contribution in [-0.4, -0.2) is 96.8 Å². The van der Waals surface area contributed by atoms with Gasteiger partial charge in [0.05, 0.1) is 56.5 Å². The summed E-state index contributed by atoms with van der Waals surface area (Å²) >= 11 is 0. The average molecular weight is 1140 g/mol. The van der Waals surface area contributed by atoms with Crippen molar-refractivity contribution in [3.63, 3.8) is 0 Å². The molecule has 80 heavy (non-hydrogen) atoms. The highest BCUT2D eigenvalue weighted by Gasteiger charge is 2.32. The summed E-state index contributed by atoms with van der Waals surface area (Å²) in [6.45, 7) is 20.9. The number of carbonyl (C=O) groups is 5. The summed E-state index contributed by atoms with van der Waals surface area (Å²) in [6.07, 6.45) is -7.48. The number of aromatic carboxylic acids is 1. The first-order valence-electron chi connectivity index (χ1n) is 22.9. The van der Waals surface area contributed by atoms with Gasteiger partial charge in [-0.15, -0.1) is 26.3 Å². The van der Waals surface area contributed by atoms with Crippen molar-refractivity contribution in [3.05, 3.63) is 129 Å². The topological polar surface area (TPSA) is 316 Å². The van der Waals surface area contributed by atoms with Crippen LogP contribution in [0.1, 0.15) is 113 Å². The van der Waals surface area contributed by atoms with Gasteiger partial charge in [0.1, 0.15) is 34.5 Å². The maximum Gasteiger partial charge on any atom is 0.573 e. The van der Waals surface area contributed by atoms with Crippen LogP contribution in [-0.2, 0) is 20.6 Å². The van der Waals surface area contributed by atoms with Crippen LogP contribution in [0.5, 0.6) is 11.5 Å². The minimum atomic E-state index is -4.84. The first-order valence-corrected chi connectivity index (χ1v) is 22.9. The van der Waals surface area contributed by atoms with Crippen LogP contribution in [0.2, 0.25) is 0 Å². The quantitative estimate of drug-likeness (QED) is 0.0249. The highest BCUT2D eigenvalue weighted by molar-refractivity contribution is 5.98. The predicted octanol–water partition coefficient (Wildman–Crippen LogP) is 12.6. The average Bonchev–Trinajstić information content (AvgIpc) is 3.28. The van der Waals surface area contributed by atoms with Gasteiger partial charge in [0, 0.05) is 31.4 Å². The van der Waals surface area contributed by atoms with Gasteiger partial charge in [-0.3, -0.25) is 45.8 Å². The van der Waals surface area contributed by atoms with Crippen LogP contribution in [0.3, 0.4) is 0 Å². The Balaban J connectivity index is 0.00000107. The van der Waals surface area contributed by atoms with Crippen LogP contribution < -0.4 is 31.2 Å². The maximum atomic E-state index is 12.5. The number of nitrogens with zero attached hydrogens (tertiary/aromatic N) is 4. The molecular weight excluding hydrogens is 1070 g/mol. The molecular formula is C52H66F6N8O14. The van der Waals surface area contributed by atoms with E-state index in [1.165, 1.54) is 42.7 Å². The molecule has 28 heteroatoms. The summed E-state index contributed by atoms with van der Waals surface area (Å²) in [5, 5.41) is 33.7. The number of nitrogen functional groups attached to an aromatic ring is 1. The van der Waals surface area contributed by atoms with Crippen molar-refractivity contribution in [3.8, 4) is 11.5 Å². The Morgan fingerprint density at radius 3 is 1.34 bits per heavy atom. The Morgan fingerprint density at radius 2 is 0.950 bits per heavy atom. The predicted molar refractivity (Wildman–Crippen MR) is 284 cm³/mol. The second-order valence-electron chi connectivity index (χ2n) is 18.9. The van der Waals surface area contributed by atoms with Gasteiger partial charge < -0.3 is 39.6 Å². The lowest BCUT2D eigenvalue weighted by Gasteiger charge is -2.20. The number of aliphatic hydroxyl groups excluding tert-OH is 1. The molecule has 5 rings (SSSR count). The lowest BCUT2D eigenvalue weighted by atomic mass is 10.0. The summed E-state index contributed by atoms with van der Waals surface area (Å²) < 4.78 is 94.9. The highest BCUT2D eigenvalue weighted by Crippen LogP contribution is 2.26. The number of pyridine rings is 3. The van der Waals surface area contributed by atoms with Crippen LogP contribution >= 0.6 is 0 Å². The fourth-order valence-corrected chi connectivity index (χ4v) is 5.44. The Bertz CT molecular complexity index is 2890. The monoisotopic (exact) mass is 1140 g/mol. The number of halogens is 6. The molecule has 5 aromatic rings. The molecule has 0 fully saturated rings. The van der Waals surface area contributed by atoms with Gasteiger partial charge >= 0.3 is 37.0 Å². The van der Waals surface area contributed by atoms with E-state index >= 15 is 0 Å². The van der Waals surface area contributed by atoms with Crippen LogP contribution in [0.25, 0.3) is 0 Å². The van der Waals surface area contributed by atoms with Gasteiger partial charge in [-0.25, -0.2) is 19.2 Å². The number of hydrogen-bond acceptors (Lipinski definition) is 17. The van der Waals surface area contributed by atoms with Crippen molar-refractivity contribution in [2.24, 2.45) is 0 Å². The molecule has 0 aliphatic rings. The van der Waals surface area contributed by atoms with E-state index in [2.05, 4.69) is 40.4 Å². The van der Waals surface area contributed by atoms with E-state index in [1.807, 2.05) is 0 Å². The molecule has 2 aromatic carbocycles. The van der Waals surface area contributed by atoms with Gasteiger partial charge in [0.2, 0.25) is 0 Å². The van der Waals surface area contributed by atoms with Gasteiger partial charge in [0.15, 0.2) is 5.78 Å². The molecule has 0 saturated heterocycles. The van der Waals surface area contributed by atoms with E-state index in [1.54, 1.807) is 95.2 Å². The Hall–Kier alpha value is -8.82. The van der Waals surface area contributed by atoms with Crippen molar-refractivity contribution in [1.29, 1.82) is 0 Å². The number of carboxylic acid groups (broad SMARTS) is 1. The molecule has 440 valence electrons. The molecule has 0 radical (unpaired) electrons. The number of alkyl halides is 6. The lowest BCUT2D eigenvalue weighted by Crippen LogP contribution is -2.27. The molecule has 0 spiro atoms. The van der Waals surface area contributed by atoms with Crippen molar-refractivity contribution in [2.75, 3.05) is 28.8 Å². The number of aliphatic hydroxyl groups is 1. The minimum Gasteiger partial charge on any atom is -0.478 e. The van der Waals surface area contributed by atoms with E-state index in [0.29, 0.717) is 39.7 Å². The van der Waals surface area contributed by atoms with Gasteiger partial charge in [0.25, 0.3) is 5.69 Å². The minimum absolute atomic E-state index is 0. The number of aryl methyl sites for hydroxylation is 3. The molecule has 0 aliphatic heterocycles. The molecule has 22 nitrogen and oxygen atoms in total. The number of nitrogens with one attached hydrogen (secondary N) is 3. The smallest absolute Gasteiger partial charge is 0.478 e. The third kappa shape index (κ3) is 30.2. The van der Waals surface area contributed by atoms with Gasteiger partial charge in [-0.2, -0.15) is 0 Å². The maximum absolute atomic E-state index is 12.5. The Labute approximate surface area is 457 Å². The van der Waals surface area contributed by atoms with E-state index in [0.717, 1.165) is 37.6 Å². The third-order valence-corrected chi connectivity index (χ3v) is 8.51. The number of nitro groups is 1. The van der Waals surface area contributed by atoms with Gasteiger partial charge in [-0.1, -0.05) is 25.6 Å². The second kappa shape index (κ2) is 30.9. The summed E-state index contributed by atoms with van der Waals surface area (Å²) in [5.74, 6) is -2.75. The number of nitrogens with two attached hydrogens (primary N) is 1. The first kappa shape index (κ1) is 71.2. The summed E-state index contributed by atoms with van der Waals surface area (Å²) in [7, 11) is 1.00. The Morgan fingerprint density at radius 1 is 0.588 bits per heavy atom. The van der Waals surface area contributed by atoms with Crippen molar-refractivity contribution >= 4 is 58.5 Å². The number of ketones is 1. The molecule has 7 N–H and O–H groups in total. The molecule has 3 aromatic heterocycles. The van der Waals surface area contributed by atoms with Crippen molar-refractivity contribution < 1.29 is 89.1 Å². The van der Waals surface area contributed by atoms with E-state index in [9.17, 15) is 60.4 Å². The standard InChI is InChI=1S/C20H21F3N2O4.C11H15N3O4.C11H17N3O2.C8H5F3O3.CH4O.CH4/c1-12-16(25-18(27)29-19(2,3)4)8-13(11-24-12)9-17(26)14-6-5-7-15(10-14)28-20(21,22)23;1-7-9(5-8(6-12-7)14(16)17)13-10(15)18-11(2,3)4;1-7-9(5-8(12)6-13-7)14-10(15)16-11(2,3)4;9-8(10,11)14-6-3-1-2-5(4-6)7(12)13;1-2;/h5-8,10-11H,9H2,1-4H3,(H,25,27);5-6H,1-4H3,(H,13,15);5-6H,12H2,1-4H3,(H,14,15);1-4H,(H,12,13);2H,1H3;1H4. The largest absolute Gasteiger partial charge is 0.573 e. The summed E-state index contributed by atoms with van der Waals surface area (Å²) in [5.41, 5.74) is 7.23. The zero-order valence-electron chi connectivity index (χ0n) is 45.2. The highest BCUT2D eigenvalue weighted by atomic mass is 19.4. The SMILES string of the molecule is C.CO.Cc1ncc(CC(=O)c2cccc(OC(F)(F)F)c2)cc1NC(=O)OC(C)(C)C.Cc1ncc(N)cc1NC(=O)OC(C)(C)C.Cc1ncc([N+](=O)[O-])cc1NC(=O)OC(C)(C)C.O=C(O)c1cccc(OC(F)(F)F)c1. The van der Waals surface area contributed by atoms with Crippen LogP contribution in [0, 0.1) is 30.9 Å².